The van der Waals surface area contributed by atoms with Crippen molar-refractivity contribution in [2.75, 3.05) is 0 Å². The molecule has 1 aromatic carbocycles. The molecule has 0 saturated heterocycles. The Kier molecular flexibility index (Phi) is 3.60. The number of aromatic nitrogens is 2. The van der Waals surface area contributed by atoms with Crippen LogP contribution in [0.15, 0.2) is 36.4 Å². The standard InChI is InChI=1S/C15H16N2O2/c1-15(2,3)19-13-7-4-11(5-8-13)14-9-6-12(10-18)16-17-14/h4-10H,1-3H3. The average molecular weight is 256 g/mol. The maximum absolute atomic E-state index is 10.5. The molecule has 4 heteroatoms. The van der Waals surface area contributed by atoms with Gasteiger partial charge >= 0.3 is 0 Å². The summed E-state index contributed by atoms with van der Waals surface area (Å²) in [5.41, 5.74) is 1.78. The van der Waals surface area contributed by atoms with E-state index in [2.05, 4.69) is 10.2 Å². The van der Waals surface area contributed by atoms with Gasteiger partial charge in [0.15, 0.2) is 6.29 Å². The fourth-order valence-electron chi connectivity index (χ4n) is 1.61. The molecule has 1 aromatic heterocycles. The Morgan fingerprint density at radius 2 is 1.68 bits per heavy atom. The quantitative estimate of drug-likeness (QED) is 0.792. The largest absolute Gasteiger partial charge is 0.488 e. The highest BCUT2D eigenvalue weighted by atomic mass is 16.5. The van der Waals surface area contributed by atoms with Gasteiger partial charge in [0.05, 0.1) is 5.69 Å². The smallest absolute Gasteiger partial charge is 0.170 e. The van der Waals surface area contributed by atoms with Crippen molar-refractivity contribution in [2.24, 2.45) is 0 Å². The summed E-state index contributed by atoms with van der Waals surface area (Å²) in [6, 6.07) is 11.1. The fourth-order valence-corrected chi connectivity index (χ4v) is 1.61. The first-order chi connectivity index (χ1) is 8.98. The predicted molar refractivity (Wildman–Crippen MR) is 73.2 cm³/mol. The summed E-state index contributed by atoms with van der Waals surface area (Å²) in [6.45, 7) is 6.01. The molecule has 0 amide bonds. The van der Waals surface area contributed by atoms with Gasteiger partial charge in [0.2, 0.25) is 0 Å². The molecule has 0 radical (unpaired) electrons. The first kappa shape index (κ1) is 13.2. The lowest BCUT2D eigenvalue weighted by atomic mass is 10.1. The van der Waals surface area contributed by atoms with E-state index in [-0.39, 0.29) is 5.60 Å². The molecule has 98 valence electrons. The normalized spacial score (nSPS) is 11.1. The van der Waals surface area contributed by atoms with Gasteiger partial charge in [-0.05, 0) is 57.2 Å². The molecule has 0 aliphatic heterocycles. The van der Waals surface area contributed by atoms with E-state index in [1.807, 2.05) is 45.0 Å². The van der Waals surface area contributed by atoms with Crippen LogP contribution in [0.3, 0.4) is 0 Å². The molecule has 0 spiro atoms. The molecule has 0 N–H and O–H groups in total. The zero-order chi connectivity index (χ0) is 13.9. The summed E-state index contributed by atoms with van der Waals surface area (Å²) in [4.78, 5) is 10.5. The number of ether oxygens (including phenoxy) is 1. The number of rotatable bonds is 3. The molecule has 0 saturated carbocycles. The van der Waals surface area contributed by atoms with E-state index in [0.717, 1.165) is 17.0 Å². The van der Waals surface area contributed by atoms with Crippen molar-refractivity contribution in [1.82, 2.24) is 10.2 Å². The van der Waals surface area contributed by atoms with Crippen LogP contribution in [0.1, 0.15) is 31.3 Å². The van der Waals surface area contributed by atoms with E-state index in [1.54, 1.807) is 12.1 Å². The first-order valence-electron chi connectivity index (χ1n) is 6.06. The maximum atomic E-state index is 10.5. The number of carbonyl (C=O) groups excluding carboxylic acids is 1. The molecule has 0 atom stereocenters. The van der Waals surface area contributed by atoms with E-state index in [0.29, 0.717) is 12.0 Å². The van der Waals surface area contributed by atoms with Crippen LogP contribution in [0.25, 0.3) is 11.3 Å². The van der Waals surface area contributed by atoms with Crippen molar-refractivity contribution in [1.29, 1.82) is 0 Å². The molecule has 4 nitrogen and oxygen atoms in total. The second kappa shape index (κ2) is 5.18. The highest BCUT2D eigenvalue weighted by molar-refractivity contribution is 5.72. The Balaban J connectivity index is 2.19. The van der Waals surface area contributed by atoms with Crippen LogP contribution in [-0.4, -0.2) is 22.1 Å². The van der Waals surface area contributed by atoms with E-state index in [1.165, 1.54) is 0 Å². The Labute approximate surface area is 112 Å². The third-order valence-corrected chi connectivity index (χ3v) is 2.38. The van der Waals surface area contributed by atoms with E-state index in [9.17, 15) is 4.79 Å². The summed E-state index contributed by atoms with van der Waals surface area (Å²) in [6.07, 6.45) is 0.678. The molecular weight excluding hydrogens is 240 g/mol. The summed E-state index contributed by atoms with van der Waals surface area (Å²) < 4.78 is 5.75. The van der Waals surface area contributed by atoms with Crippen LogP contribution in [0.4, 0.5) is 0 Å². The van der Waals surface area contributed by atoms with E-state index < -0.39 is 0 Å². The molecule has 1 heterocycles. The number of aldehydes is 1. The van der Waals surface area contributed by atoms with Crippen LogP contribution < -0.4 is 4.74 Å². The summed E-state index contributed by atoms with van der Waals surface area (Å²) in [5, 5.41) is 7.81. The van der Waals surface area contributed by atoms with Gasteiger partial charge in [-0.3, -0.25) is 4.79 Å². The Morgan fingerprint density at radius 3 is 2.16 bits per heavy atom. The Hall–Kier alpha value is -2.23. The first-order valence-corrected chi connectivity index (χ1v) is 6.06. The third-order valence-electron chi connectivity index (χ3n) is 2.38. The predicted octanol–water partition coefficient (Wildman–Crippen LogP) is 3.13. The minimum atomic E-state index is -0.215. The summed E-state index contributed by atoms with van der Waals surface area (Å²) in [5.74, 6) is 0.814. The van der Waals surface area contributed by atoms with Crippen LogP contribution in [0, 0.1) is 0 Å². The molecule has 0 unspecified atom stereocenters. The molecular formula is C15H16N2O2. The lowest BCUT2D eigenvalue weighted by Gasteiger charge is -2.21. The average Bonchev–Trinajstić information content (AvgIpc) is 2.38. The van der Waals surface area contributed by atoms with Crippen molar-refractivity contribution >= 4 is 6.29 Å². The zero-order valence-corrected chi connectivity index (χ0v) is 11.3. The zero-order valence-electron chi connectivity index (χ0n) is 11.3. The second-order valence-corrected chi connectivity index (χ2v) is 5.20. The van der Waals surface area contributed by atoms with Crippen molar-refractivity contribution in [3.8, 4) is 17.0 Å². The minimum absolute atomic E-state index is 0.215. The summed E-state index contributed by atoms with van der Waals surface area (Å²) in [7, 11) is 0. The maximum Gasteiger partial charge on any atom is 0.170 e. The molecule has 0 aliphatic rings. The monoisotopic (exact) mass is 256 g/mol. The molecule has 0 bridgehead atoms. The van der Waals surface area contributed by atoms with Gasteiger partial charge in [-0.25, -0.2) is 0 Å². The number of hydrogen-bond acceptors (Lipinski definition) is 4. The number of benzene rings is 1. The summed E-state index contributed by atoms with van der Waals surface area (Å²) >= 11 is 0. The highest BCUT2D eigenvalue weighted by Gasteiger charge is 2.11. The van der Waals surface area contributed by atoms with Crippen molar-refractivity contribution in [3.05, 3.63) is 42.1 Å². The third kappa shape index (κ3) is 3.61. The van der Waals surface area contributed by atoms with Crippen molar-refractivity contribution in [3.63, 3.8) is 0 Å². The van der Waals surface area contributed by atoms with Crippen LogP contribution in [0.2, 0.25) is 0 Å². The SMILES string of the molecule is CC(C)(C)Oc1ccc(-c2ccc(C=O)nn2)cc1. The molecule has 2 aromatic rings. The number of hydrogen-bond donors (Lipinski definition) is 0. The lowest BCUT2D eigenvalue weighted by Crippen LogP contribution is -2.22. The van der Waals surface area contributed by atoms with Gasteiger partial charge in [0.25, 0.3) is 0 Å². The van der Waals surface area contributed by atoms with Gasteiger partial charge in [0, 0.05) is 5.56 Å². The van der Waals surface area contributed by atoms with Crippen LogP contribution in [-0.2, 0) is 0 Å². The van der Waals surface area contributed by atoms with E-state index >= 15 is 0 Å². The highest BCUT2D eigenvalue weighted by Crippen LogP contribution is 2.22. The van der Waals surface area contributed by atoms with Gasteiger partial charge in [0.1, 0.15) is 17.0 Å². The fraction of sp³-hybridized carbons (Fsp3) is 0.267. The van der Waals surface area contributed by atoms with Crippen molar-refractivity contribution in [2.45, 2.75) is 26.4 Å². The van der Waals surface area contributed by atoms with Gasteiger partial charge in [-0.15, -0.1) is 10.2 Å². The van der Waals surface area contributed by atoms with Crippen LogP contribution in [0.5, 0.6) is 5.75 Å². The topological polar surface area (TPSA) is 52.1 Å². The number of nitrogens with zero attached hydrogens (tertiary/aromatic N) is 2. The van der Waals surface area contributed by atoms with Gasteiger partial charge in [-0.2, -0.15) is 0 Å². The Morgan fingerprint density at radius 1 is 1.00 bits per heavy atom. The minimum Gasteiger partial charge on any atom is -0.488 e. The van der Waals surface area contributed by atoms with Crippen LogP contribution >= 0.6 is 0 Å². The Bertz CT molecular complexity index is 554. The van der Waals surface area contributed by atoms with E-state index in [4.69, 9.17) is 4.74 Å². The molecule has 0 aliphatic carbocycles. The lowest BCUT2D eigenvalue weighted by molar-refractivity contribution is 0.111. The molecule has 0 fully saturated rings. The van der Waals surface area contributed by atoms with Crippen molar-refractivity contribution < 1.29 is 9.53 Å². The molecule has 2 rings (SSSR count). The molecule has 19 heavy (non-hydrogen) atoms. The number of carbonyl (C=O) groups is 1. The second-order valence-electron chi connectivity index (χ2n) is 5.20. The van der Waals surface area contributed by atoms with Gasteiger partial charge < -0.3 is 4.74 Å². The van der Waals surface area contributed by atoms with Gasteiger partial charge in [-0.1, -0.05) is 0 Å².